The van der Waals surface area contributed by atoms with Crippen LogP contribution in [0.3, 0.4) is 0 Å². The van der Waals surface area contributed by atoms with Gasteiger partial charge in [0, 0.05) is 26.6 Å². The molecule has 1 aliphatic carbocycles. The Bertz CT molecular complexity index is 408. The maximum atomic E-state index is 12.2. The first-order valence-electron chi connectivity index (χ1n) is 6.49. The summed E-state index contributed by atoms with van der Waals surface area (Å²) < 4.78 is 1.66. The molecular weight excluding hydrogens is 230 g/mol. The standard InChI is InChI=1S/C12H21N5O/c1-17-9-15-10(16-17)4-7-14-11(18)12(8-13)5-2-3-6-12/h9H,2-8,13H2,1H3,(H,14,18). The Morgan fingerprint density at radius 1 is 1.56 bits per heavy atom. The van der Waals surface area contributed by atoms with Gasteiger partial charge in [-0.3, -0.25) is 9.48 Å². The van der Waals surface area contributed by atoms with Gasteiger partial charge in [0.05, 0.1) is 5.41 Å². The molecule has 1 amide bonds. The Kier molecular flexibility index (Phi) is 3.96. The summed E-state index contributed by atoms with van der Waals surface area (Å²) in [5, 5.41) is 7.14. The number of amides is 1. The van der Waals surface area contributed by atoms with E-state index in [2.05, 4.69) is 15.4 Å². The normalized spacial score (nSPS) is 17.9. The van der Waals surface area contributed by atoms with Crippen molar-refractivity contribution in [1.82, 2.24) is 20.1 Å². The lowest BCUT2D eigenvalue weighted by Crippen LogP contribution is -2.44. The number of nitrogens with zero attached hydrogens (tertiary/aromatic N) is 3. The molecule has 0 atom stereocenters. The summed E-state index contributed by atoms with van der Waals surface area (Å²) in [6.07, 6.45) is 6.36. The largest absolute Gasteiger partial charge is 0.355 e. The summed E-state index contributed by atoms with van der Waals surface area (Å²) in [7, 11) is 1.83. The van der Waals surface area contributed by atoms with Gasteiger partial charge >= 0.3 is 0 Å². The van der Waals surface area contributed by atoms with E-state index < -0.39 is 0 Å². The summed E-state index contributed by atoms with van der Waals surface area (Å²) in [5.41, 5.74) is 5.45. The van der Waals surface area contributed by atoms with E-state index >= 15 is 0 Å². The smallest absolute Gasteiger partial charge is 0.227 e. The SMILES string of the molecule is Cn1cnc(CCNC(=O)C2(CN)CCCC2)n1. The highest BCUT2D eigenvalue weighted by atomic mass is 16.2. The van der Waals surface area contributed by atoms with E-state index in [1.165, 1.54) is 0 Å². The quantitative estimate of drug-likeness (QED) is 0.771. The molecule has 0 saturated heterocycles. The van der Waals surface area contributed by atoms with Gasteiger partial charge in [-0.2, -0.15) is 5.10 Å². The van der Waals surface area contributed by atoms with Crippen molar-refractivity contribution in [1.29, 1.82) is 0 Å². The molecule has 3 N–H and O–H groups in total. The zero-order chi connectivity index (χ0) is 13.0. The minimum Gasteiger partial charge on any atom is -0.355 e. The third-order valence-corrected chi connectivity index (χ3v) is 3.71. The second kappa shape index (κ2) is 5.48. The van der Waals surface area contributed by atoms with Gasteiger partial charge in [-0.1, -0.05) is 12.8 Å². The number of aromatic nitrogens is 3. The fraction of sp³-hybridized carbons (Fsp3) is 0.750. The van der Waals surface area contributed by atoms with Crippen molar-refractivity contribution in [2.24, 2.45) is 18.2 Å². The average Bonchev–Trinajstić information content (AvgIpc) is 2.99. The molecule has 100 valence electrons. The van der Waals surface area contributed by atoms with Gasteiger partial charge < -0.3 is 11.1 Å². The maximum Gasteiger partial charge on any atom is 0.227 e. The number of carbonyl (C=O) groups is 1. The Morgan fingerprint density at radius 2 is 2.28 bits per heavy atom. The van der Waals surface area contributed by atoms with Crippen LogP contribution in [0.4, 0.5) is 0 Å². The molecule has 6 heteroatoms. The molecule has 0 spiro atoms. The third kappa shape index (κ3) is 2.69. The van der Waals surface area contributed by atoms with Crippen LogP contribution >= 0.6 is 0 Å². The minimum atomic E-state index is -0.322. The molecule has 6 nitrogen and oxygen atoms in total. The van der Waals surface area contributed by atoms with E-state index in [0.29, 0.717) is 19.5 Å². The highest BCUT2D eigenvalue weighted by Gasteiger charge is 2.39. The number of nitrogens with one attached hydrogen (secondary N) is 1. The number of carbonyl (C=O) groups excluding carboxylic acids is 1. The first-order valence-corrected chi connectivity index (χ1v) is 6.49. The third-order valence-electron chi connectivity index (χ3n) is 3.71. The van der Waals surface area contributed by atoms with Gasteiger partial charge in [0.25, 0.3) is 0 Å². The lowest BCUT2D eigenvalue weighted by molar-refractivity contribution is -0.130. The summed E-state index contributed by atoms with van der Waals surface area (Å²) >= 11 is 0. The van der Waals surface area contributed by atoms with Crippen molar-refractivity contribution < 1.29 is 4.79 Å². The van der Waals surface area contributed by atoms with Crippen LogP contribution in [-0.2, 0) is 18.3 Å². The lowest BCUT2D eigenvalue weighted by atomic mass is 9.85. The van der Waals surface area contributed by atoms with Gasteiger partial charge in [-0.05, 0) is 12.8 Å². The van der Waals surface area contributed by atoms with Gasteiger partial charge in [0.2, 0.25) is 5.91 Å². The van der Waals surface area contributed by atoms with Crippen molar-refractivity contribution in [2.75, 3.05) is 13.1 Å². The second-order valence-corrected chi connectivity index (χ2v) is 5.03. The molecule has 18 heavy (non-hydrogen) atoms. The number of hydrogen-bond acceptors (Lipinski definition) is 4. The highest BCUT2D eigenvalue weighted by Crippen LogP contribution is 2.37. The molecule has 2 rings (SSSR count). The Morgan fingerprint density at radius 3 is 2.83 bits per heavy atom. The first-order chi connectivity index (χ1) is 8.66. The van der Waals surface area contributed by atoms with Crippen LogP contribution in [0.2, 0.25) is 0 Å². The fourth-order valence-corrected chi connectivity index (χ4v) is 2.55. The van der Waals surface area contributed by atoms with Crippen LogP contribution in [0.1, 0.15) is 31.5 Å². The molecule has 1 aliphatic rings. The molecule has 1 aromatic rings. The minimum absolute atomic E-state index is 0.0958. The van der Waals surface area contributed by atoms with E-state index in [0.717, 1.165) is 31.5 Å². The van der Waals surface area contributed by atoms with E-state index in [-0.39, 0.29) is 11.3 Å². The molecule has 0 aromatic carbocycles. The Labute approximate surface area is 107 Å². The molecule has 0 unspecified atom stereocenters. The van der Waals surface area contributed by atoms with E-state index in [1.54, 1.807) is 11.0 Å². The summed E-state index contributed by atoms with van der Waals surface area (Å²) in [6, 6.07) is 0. The van der Waals surface area contributed by atoms with Crippen molar-refractivity contribution >= 4 is 5.91 Å². The second-order valence-electron chi connectivity index (χ2n) is 5.03. The van der Waals surface area contributed by atoms with Gasteiger partial charge in [-0.25, -0.2) is 4.98 Å². The number of nitrogens with two attached hydrogens (primary N) is 1. The number of rotatable bonds is 5. The van der Waals surface area contributed by atoms with Crippen LogP contribution < -0.4 is 11.1 Å². The molecule has 1 heterocycles. The van der Waals surface area contributed by atoms with Crippen LogP contribution in [-0.4, -0.2) is 33.8 Å². The molecule has 1 saturated carbocycles. The first kappa shape index (κ1) is 13.0. The van der Waals surface area contributed by atoms with E-state index in [1.807, 2.05) is 7.05 Å². The molecule has 0 aliphatic heterocycles. The van der Waals surface area contributed by atoms with Crippen molar-refractivity contribution in [3.05, 3.63) is 12.2 Å². The topological polar surface area (TPSA) is 85.8 Å². The van der Waals surface area contributed by atoms with Crippen molar-refractivity contribution in [2.45, 2.75) is 32.1 Å². The fourth-order valence-electron chi connectivity index (χ4n) is 2.55. The number of hydrogen-bond donors (Lipinski definition) is 2. The highest BCUT2D eigenvalue weighted by molar-refractivity contribution is 5.83. The summed E-state index contributed by atoms with van der Waals surface area (Å²) in [6.45, 7) is 1.02. The maximum absolute atomic E-state index is 12.2. The molecule has 1 fully saturated rings. The predicted molar refractivity (Wildman–Crippen MR) is 67.7 cm³/mol. The summed E-state index contributed by atoms with van der Waals surface area (Å²) in [5.74, 6) is 0.851. The van der Waals surface area contributed by atoms with Gasteiger partial charge in [0.15, 0.2) is 5.82 Å². The van der Waals surface area contributed by atoms with Crippen LogP contribution in [0, 0.1) is 5.41 Å². The van der Waals surface area contributed by atoms with Crippen LogP contribution in [0.25, 0.3) is 0 Å². The monoisotopic (exact) mass is 251 g/mol. The zero-order valence-electron chi connectivity index (χ0n) is 10.9. The Hall–Kier alpha value is -1.43. The van der Waals surface area contributed by atoms with Crippen LogP contribution in [0.15, 0.2) is 6.33 Å². The molecule has 0 radical (unpaired) electrons. The Balaban J connectivity index is 1.81. The predicted octanol–water partition coefficient (Wildman–Crippen LogP) is -0.00710. The van der Waals surface area contributed by atoms with Gasteiger partial charge in [0.1, 0.15) is 6.33 Å². The van der Waals surface area contributed by atoms with Crippen molar-refractivity contribution in [3.8, 4) is 0 Å². The lowest BCUT2D eigenvalue weighted by Gasteiger charge is -2.25. The van der Waals surface area contributed by atoms with Gasteiger partial charge in [-0.15, -0.1) is 0 Å². The molecule has 1 aromatic heterocycles. The van der Waals surface area contributed by atoms with E-state index in [9.17, 15) is 4.79 Å². The molecule has 0 bridgehead atoms. The average molecular weight is 251 g/mol. The van der Waals surface area contributed by atoms with E-state index in [4.69, 9.17) is 5.73 Å². The van der Waals surface area contributed by atoms with Crippen LogP contribution in [0.5, 0.6) is 0 Å². The number of aryl methyl sites for hydroxylation is 1. The zero-order valence-corrected chi connectivity index (χ0v) is 10.9. The van der Waals surface area contributed by atoms with Crippen molar-refractivity contribution in [3.63, 3.8) is 0 Å². The molecular formula is C12H21N5O. The summed E-state index contributed by atoms with van der Waals surface area (Å²) in [4.78, 5) is 16.3.